The Morgan fingerprint density at radius 3 is 2.60 bits per heavy atom. The van der Waals surface area contributed by atoms with Crippen LogP contribution in [-0.2, 0) is 0 Å². The van der Waals surface area contributed by atoms with E-state index in [9.17, 15) is 0 Å². The highest BCUT2D eigenvalue weighted by molar-refractivity contribution is 6.31. The van der Waals surface area contributed by atoms with E-state index in [1.165, 1.54) is 0 Å². The first-order chi connectivity index (χ1) is 14.7. The van der Waals surface area contributed by atoms with E-state index in [1.807, 2.05) is 47.1 Å². The topological polar surface area (TPSA) is 45.6 Å². The molecule has 152 valence electrons. The molecule has 1 saturated heterocycles. The van der Waals surface area contributed by atoms with Gasteiger partial charge in [-0.15, -0.1) is 0 Å². The maximum atomic E-state index is 6.25. The molecule has 1 aliphatic heterocycles. The van der Waals surface area contributed by atoms with Crippen LogP contribution in [0.4, 0.5) is 0 Å². The largest absolute Gasteiger partial charge is 0.355 e. The molecule has 0 unspecified atom stereocenters. The summed E-state index contributed by atoms with van der Waals surface area (Å²) in [5.41, 5.74) is 5.22. The Bertz CT molecular complexity index is 1220. The molecule has 4 nitrogen and oxygen atoms in total. The van der Waals surface area contributed by atoms with Crippen LogP contribution in [0.3, 0.4) is 0 Å². The van der Waals surface area contributed by atoms with Gasteiger partial charge in [0, 0.05) is 32.6 Å². The zero-order chi connectivity index (χ0) is 20.5. The van der Waals surface area contributed by atoms with Crippen molar-refractivity contribution in [3.8, 4) is 5.69 Å². The number of halogens is 2. The molecule has 5 rings (SSSR count). The summed E-state index contributed by atoms with van der Waals surface area (Å²) in [6.07, 6.45) is 6.40. The average molecular weight is 437 g/mol. The molecule has 1 fully saturated rings. The van der Waals surface area contributed by atoms with Gasteiger partial charge in [0.1, 0.15) is 0 Å². The molecule has 2 N–H and O–H groups in total. The second kappa shape index (κ2) is 8.31. The van der Waals surface area contributed by atoms with Crippen molar-refractivity contribution in [3.05, 3.63) is 81.7 Å². The second-order valence-corrected chi connectivity index (χ2v) is 8.57. The van der Waals surface area contributed by atoms with Gasteiger partial charge in [0.25, 0.3) is 0 Å². The SMILES string of the molecule is Clc1cccc(-n2nc(C3CCNCC3)cc2/C=C/c2cc3cc(Cl)ccc3[nH]2)c1. The zero-order valence-corrected chi connectivity index (χ0v) is 17.9. The number of benzene rings is 2. The van der Waals surface area contributed by atoms with Crippen molar-refractivity contribution >= 4 is 46.3 Å². The van der Waals surface area contributed by atoms with Gasteiger partial charge in [0.2, 0.25) is 0 Å². The summed E-state index contributed by atoms with van der Waals surface area (Å²) in [6, 6.07) is 18.0. The fourth-order valence-corrected chi connectivity index (χ4v) is 4.42. The van der Waals surface area contributed by atoms with Crippen LogP contribution in [0.1, 0.15) is 35.8 Å². The zero-order valence-electron chi connectivity index (χ0n) is 16.4. The molecule has 0 bridgehead atoms. The molecular formula is C24H22Cl2N4. The van der Waals surface area contributed by atoms with Gasteiger partial charge in [-0.3, -0.25) is 0 Å². The van der Waals surface area contributed by atoms with E-state index < -0.39 is 0 Å². The number of hydrogen-bond acceptors (Lipinski definition) is 2. The maximum Gasteiger partial charge on any atom is 0.0672 e. The Kier molecular flexibility index (Phi) is 5.38. The Morgan fingerprint density at radius 2 is 1.77 bits per heavy atom. The average Bonchev–Trinajstić information content (AvgIpc) is 3.36. The third-order valence-electron chi connectivity index (χ3n) is 5.60. The molecule has 0 amide bonds. The van der Waals surface area contributed by atoms with Crippen molar-refractivity contribution in [3.63, 3.8) is 0 Å². The van der Waals surface area contributed by atoms with E-state index >= 15 is 0 Å². The Morgan fingerprint density at radius 1 is 0.933 bits per heavy atom. The molecule has 0 saturated carbocycles. The van der Waals surface area contributed by atoms with Crippen LogP contribution in [0.2, 0.25) is 10.0 Å². The number of H-pyrrole nitrogens is 1. The fraction of sp³-hybridized carbons (Fsp3) is 0.208. The first kappa shape index (κ1) is 19.4. The number of fused-ring (bicyclic) bond motifs is 1. The van der Waals surface area contributed by atoms with Crippen LogP contribution in [0.25, 0.3) is 28.7 Å². The smallest absolute Gasteiger partial charge is 0.0672 e. The van der Waals surface area contributed by atoms with Gasteiger partial charge in [-0.2, -0.15) is 5.10 Å². The standard InChI is InChI=1S/C24H22Cl2N4/c25-18-2-1-3-21(14-18)30-22(15-24(29-30)16-8-10-27-11-9-16)6-5-20-13-17-12-19(26)4-7-23(17)28-20/h1-7,12-16,27-28H,8-11H2/b6-5+. The van der Waals surface area contributed by atoms with E-state index in [0.717, 1.165) is 64.6 Å². The second-order valence-electron chi connectivity index (χ2n) is 7.70. The van der Waals surface area contributed by atoms with Gasteiger partial charge < -0.3 is 10.3 Å². The maximum absolute atomic E-state index is 6.25. The lowest BCUT2D eigenvalue weighted by molar-refractivity contribution is 0.451. The van der Waals surface area contributed by atoms with Gasteiger partial charge in [0.05, 0.1) is 17.1 Å². The van der Waals surface area contributed by atoms with Crippen molar-refractivity contribution in [2.45, 2.75) is 18.8 Å². The first-order valence-corrected chi connectivity index (χ1v) is 10.9. The number of nitrogens with zero attached hydrogens (tertiary/aromatic N) is 2. The normalized spacial score (nSPS) is 15.4. The lowest BCUT2D eigenvalue weighted by Crippen LogP contribution is -2.26. The summed E-state index contributed by atoms with van der Waals surface area (Å²) < 4.78 is 1.99. The molecule has 0 spiro atoms. The van der Waals surface area contributed by atoms with Crippen molar-refractivity contribution in [2.75, 3.05) is 13.1 Å². The highest BCUT2D eigenvalue weighted by Crippen LogP contribution is 2.28. The Balaban J connectivity index is 1.53. The third-order valence-corrected chi connectivity index (χ3v) is 6.07. The molecule has 0 atom stereocenters. The molecule has 30 heavy (non-hydrogen) atoms. The van der Waals surface area contributed by atoms with Gasteiger partial charge in [0.15, 0.2) is 0 Å². The lowest BCUT2D eigenvalue weighted by atomic mass is 9.94. The van der Waals surface area contributed by atoms with Crippen LogP contribution in [0, 0.1) is 0 Å². The molecule has 0 aliphatic carbocycles. The quantitative estimate of drug-likeness (QED) is 0.394. The predicted molar refractivity (Wildman–Crippen MR) is 126 cm³/mol. The molecule has 4 aromatic rings. The highest BCUT2D eigenvalue weighted by atomic mass is 35.5. The minimum absolute atomic E-state index is 0.481. The summed E-state index contributed by atoms with van der Waals surface area (Å²) >= 11 is 12.4. The monoisotopic (exact) mass is 436 g/mol. The number of aromatic amines is 1. The van der Waals surface area contributed by atoms with E-state index in [0.29, 0.717) is 10.9 Å². The van der Waals surface area contributed by atoms with E-state index in [2.05, 4.69) is 34.6 Å². The highest BCUT2D eigenvalue weighted by Gasteiger charge is 2.20. The van der Waals surface area contributed by atoms with Gasteiger partial charge in [-0.1, -0.05) is 29.3 Å². The number of piperidine rings is 1. The van der Waals surface area contributed by atoms with Crippen LogP contribution in [0.15, 0.2) is 54.6 Å². The van der Waals surface area contributed by atoms with Crippen molar-refractivity contribution < 1.29 is 0 Å². The Labute approximate surface area is 185 Å². The van der Waals surface area contributed by atoms with Gasteiger partial charge in [-0.25, -0.2) is 4.68 Å². The van der Waals surface area contributed by atoms with E-state index in [4.69, 9.17) is 28.3 Å². The van der Waals surface area contributed by atoms with Crippen molar-refractivity contribution in [2.24, 2.45) is 0 Å². The van der Waals surface area contributed by atoms with Crippen LogP contribution in [0.5, 0.6) is 0 Å². The van der Waals surface area contributed by atoms with Crippen LogP contribution >= 0.6 is 23.2 Å². The number of hydrogen-bond donors (Lipinski definition) is 2. The minimum Gasteiger partial charge on any atom is -0.355 e. The van der Waals surface area contributed by atoms with E-state index in [1.54, 1.807) is 0 Å². The summed E-state index contributed by atoms with van der Waals surface area (Å²) in [5.74, 6) is 0.481. The van der Waals surface area contributed by atoms with E-state index in [-0.39, 0.29) is 0 Å². The molecule has 3 heterocycles. The molecule has 2 aromatic heterocycles. The van der Waals surface area contributed by atoms with Crippen molar-refractivity contribution in [1.82, 2.24) is 20.1 Å². The number of nitrogens with one attached hydrogen (secondary N) is 2. The third kappa shape index (κ3) is 4.04. The molecule has 6 heteroatoms. The molecule has 0 radical (unpaired) electrons. The molecule has 1 aliphatic rings. The van der Waals surface area contributed by atoms with Crippen molar-refractivity contribution in [1.29, 1.82) is 0 Å². The number of rotatable bonds is 4. The van der Waals surface area contributed by atoms with Gasteiger partial charge in [-0.05, 0) is 86.6 Å². The first-order valence-electron chi connectivity index (χ1n) is 10.2. The lowest BCUT2D eigenvalue weighted by Gasteiger charge is -2.20. The minimum atomic E-state index is 0.481. The van der Waals surface area contributed by atoms with Crippen LogP contribution in [-0.4, -0.2) is 27.9 Å². The summed E-state index contributed by atoms with van der Waals surface area (Å²) in [6.45, 7) is 2.08. The summed E-state index contributed by atoms with van der Waals surface area (Å²) in [7, 11) is 0. The summed E-state index contributed by atoms with van der Waals surface area (Å²) in [5, 5.41) is 10.9. The van der Waals surface area contributed by atoms with Gasteiger partial charge >= 0.3 is 0 Å². The molecular weight excluding hydrogens is 415 g/mol. The fourth-order valence-electron chi connectivity index (χ4n) is 4.06. The summed E-state index contributed by atoms with van der Waals surface area (Å²) in [4.78, 5) is 3.43. The molecule has 2 aromatic carbocycles. The predicted octanol–water partition coefficient (Wildman–Crippen LogP) is 6.30. The Hall–Kier alpha value is -2.53. The number of aromatic nitrogens is 3. The van der Waals surface area contributed by atoms with Crippen LogP contribution < -0.4 is 5.32 Å².